The summed E-state index contributed by atoms with van der Waals surface area (Å²) in [6, 6.07) is 4.18. The number of hydrogen-bond donors (Lipinski definition) is 1. The zero-order valence-electron chi connectivity index (χ0n) is 11.2. The van der Waals surface area contributed by atoms with Crippen LogP contribution in [0.5, 0.6) is 0 Å². The Labute approximate surface area is 133 Å². The van der Waals surface area contributed by atoms with Crippen molar-refractivity contribution in [2.75, 3.05) is 13.1 Å². The summed E-state index contributed by atoms with van der Waals surface area (Å²) in [5.74, 6) is 1.81. The van der Waals surface area contributed by atoms with Gasteiger partial charge in [-0.25, -0.2) is 0 Å². The maximum atomic E-state index is 12.6. The summed E-state index contributed by atoms with van der Waals surface area (Å²) in [4.78, 5) is 26.1. The van der Waals surface area contributed by atoms with E-state index in [1.807, 2.05) is 0 Å². The molecule has 1 fully saturated rings. The Hall–Kier alpha value is -1.70. The van der Waals surface area contributed by atoms with Crippen LogP contribution in [0.2, 0.25) is 10.0 Å². The van der Waals surface area contributed by atoms with Gasteiger partial charge in [-0.3, -0.25) is 9.59 Å². The van der Waals surface area contributed by atoms with Gasteiger partial charge in [0.15, 0.2) is 0 Å². The summed E-state index contributed by atoms with van der Waals surface area (Å²) in [5, 5.41) is 3.35. The Kier molecular flexibility index (Phi) is 5.11. The number of hydrogen-bond acceptors (Lipinski definition) is 2. The van der Waals surface area contributed by atoms with Crippen LogP contribution in [0.3, 0.4) is 0 Å². The highest BCUT2D eigenvalue weighted by Gasteiger charge is 2.35. The van der Waals surface area contributed by atoms with E-state index in [0.29, 0.717) is 28.6 Å². The van der Waals surface area contributed by atoms with Gasteiger partial charge in [0.05, 0.1) is 17.1 Å². The Morgan fingerprint density at radius 3 is 2.90 bits per heavy atom. The zero-order valence-corrected chi connectivity index (χ0v) is 12.7. The summed E-state index contributed by atoms with van der Waals surface area (Å²) in [5.41, 5.74) is 0.306. The molecule has 1 heterocycles. The SMILES string of the molecule is C#CCNC(=O)[C@@H]1CCCN1C(=O)c1cc(Cl)ccc1Cl. The second kappa shape index (κ2) is 6.84. The molecule has 0 saturated carbocycles. The summed E-state index contributed by atoms with van der Waals surface area (Å²) >= 11 is 12.0. The van der Waals surface area contributed by atoms with Gasteiger partial charge in [0.25, 0.3) is 5.91 Å². The molecule has 110 valence electrons. The molecule has 1 aromatic carbocycles. The minimum atomic E-state index is -0.513. The van der Waals surface area contributed by atoms with Crippen LogP contribution >= 0.6 is 23.2 Å². The van der Waals surface area contributed by atoms with Crippen LogP contribution < -0.4 is 5.32 Å². The van der Waals surface area contributed by atoms with Crippen molar-refractivity contribution in [3.8, 4) is 12.3 Å². The average Bonchev–Trinajstić information content (AvgIpc) is 2.96. The second-order valence-corrected chi connectivity index (χ2v) is 5.55. The van der Waals surface area contributed by atoms with E-state index in [9.17, 15) is 9.59 Å². The van der Waals surface area contributed by atoms with Crippen LogP contribution in [-0.2, 0) is 4.79 Å². The Morgan fingerprint density at radius 2 is 2.19 bits per heavy atom. The van der Waals surface area contributed by atoms with Crippen LogP contribution in [0.4, 0.5) is 0 Å². The van der Waals surface area contributed by atoms with Crippen molar-refractivity contribution in [3.05, 3.63) is 33.8 Å². The second-order valence-electron chi connectivity index (χ2n) is 4.70. The maximum Gasteiger partial charge on any atom is 0.256 e. The van der Waals surface area contributed by atoms with E-state index < -0.39 is 6.04 Å². The highest BCUT2D eigenvalue weighted by atomic mass is 35.5. The molecule has 1 N–H and O–H groups in total. The Morgan fingerprint density at radius 1 is 1.43 bits per heavy atom. The van der Waals surface area contributed by atoms with Crippen molar-refractivity contribution in [2.24, 2.45) is 0 Å². The van der Waals surface area contributed by atoms with Crippen molar-refractivity contribution >= 4 is 35.0 Å². The first-order chi connectivity index (χ1) is 10.0. The van der Waals surface area contributed by atoms with Crippen LogP contribution in [0.1, 0.15) is 23.2 Å². The number of amides is 2. The van der Waals surface area contributed by atoms with Crippen LogP contribution in [0, 0.1) is 12.3 Å². The quantitative estimate of drug-likeness (QED) is 0.868. The van der Waals surface area contributed by atoms with Crippen LogP contribution in [-0.4, -0.2) is 35.8 Å². The summed E-state index contributed by atoms with van der Waals surface area (Å²) < 4.78 is 0. The molecule has 1 aliphatic heterocycles. The number of carbonyl (C=O) groups excluding carboxylic acids is 2. The van der Waals surface area contributed by atoms with E-state index in [1.165, 1.54) is 11.0 Å². The lowest BCUT2D eigenvalue weighted by molar-refractivity contribution is -0.124. The fourth-order valence-corrected chi connectivity index (χ4v) is 2.72. The topological polar surface area (TPSA) is 49.4 Å². The molecular formula is C15H14Cl2N2O2. The minimum absolute atomic E-state index is 0.148. The molecule has 0 radical (unpaired) electrons. The van der Waals surface area contributed by atoms with E-state index in [4.69, 9.17) is 29.6 Å². The van der Waals surface area contributed by atoms with Gasteiger partial charge >= 0.3 is 0 Å². The molecule has 1 atom stereocenters. The predicted molar refractivity (Wildman–Crippen MR) is 82.4 cm³/mol. The van der Waals surface area contributed by atoms with Gasteiger partial charge in [0.1, 0.15) is 6.04 Å². The van der Waals surface area contributed by atoms with Gasteiger partial charge < -0.3 is 10.2 Å². The third-order valence-corrected chi connectivity index (χ3v) is 3.90. The molecule has 1 aliphatic rings. The van der Waals surface area contributed by atoms with Gasteiger partial charge in [0, 0.05) is 11.6 Å². The smallest absolute Gasteiger partial charge is 0.256 e. The van der Waals surface area contributed by atoms with Gasteiger partial charge in [0.2, 0.25) is 5.91 Å². The maximum absolute atomic E-state index is 12.6. The van der Waals surface area contributed by atoms with Gasteiger partial charge in [-0.15, -0.1) is 6.42 Å². The van der Waals surface area contributed by atoms with Crippen molar-refractivity contribution in [1.29, 1.82) is 0 Å². The standard InChI is InChI=1S/C15H14Cl2N2O2/c1-2-7-18-14(20)13-4-3-8-19(13)15(21)11-9-10(16)5-6-12(11)17/h1,5-6,9,13H,3-4,7-8H2,(H,18,20)/t13-/m0/s1. The molecule has 4 nitrogen and oxygen atoms in total. The number of benzene rings is 1. The van der Waals surface area contributed by atoms with Crippen molar-refractivity contribution < 1.29 is 9.59 Å². The number of nitrogens with zero attached hydrogens (tertiary/aromatic N) is 1. The molecule has 0 unspecified atom stereocenters. The Balaban J connectivity index is 2.19. The Bertz CT molecular complexity index is 610. The molecule has 0 aliphatic carbocycles. The number of likely N-dealkylation sites (tertiary alicyclic amines) is 1. The van der Waals surface area contributed by atoms with E-state index in [2.05, 4.69) is 11.2 Å². The van der Waals surface area contributed by atoms with E-state index in [0.717, 1.165) is 6.42 Å². The number of halogens is 2. The number of nitrogens with one attached hydrogen (secondary N) is 1. The van der Waals surface area contributed by atoms with E-state index >= 15 is 0 Å². The minimum Gasteiger partial charge on any atom is -0.343 e. The largest absolute Gasteiger partial charge is 0.343 e. The van der Waals surface area contributed by atoms with Crippen molar-refractivity contribution in [2.45, 2.75) is 18.9 Å². The number of terminal acetylenes is 1. The molecule has 1 aromatic rings. The third-order valence-electron chi connectivity index (χ3n) is 3.34. The van der Waals surface area contributed by atoms with E-state index in [1.54, 1.807) is 12.1 Å². The third kappa shape index (κ3) is 3.49. The monoisotopic (exact) mass is 324 g/mol. The average molecular weight is 325 g/mol. The molecule has 2 rings (SSSR count). The first-order valence-corrected chi connectivity index (χ1v) is 7.27. The van der Waals surface area contributed by atoms with E-state index in [-0.39, 0.29) is 18.4 Å². The fraction of sp³-hybridized carbons (Fsp3) is 0.333. The summed E-state index contributed by atoms with van der Waals surface area (Å²) in [7, 11) is 0. The van der Waals surface area contributed by atoms with Crippen molar-refractivity contribution in [1.82, 2.24) is 10.2 Å². The lowest BCUT2D eigenvalue weighted by atomic mass is 10.1. The fourth-order valence-electron chi connectivity index (χ4n) is 2.35. The van der Waals surface area contributed by atoms with Gasteiger partial charge in [-0.05, 0) is 31.0 Å². The first kappa shape index (κ1) is 15.7. The predicted octanol–water partition coefficient (Wildman–Crippen LogP) is 2.35. The highest BCUT2D eigenvalue weighted by molar-refractivity contribution is 6.35. The van der Waals surface area contributed by atoms with Crippen molar-refractivity contribution in [3.63, 3.8) is 0 Å². The first-order valence-electron chi connectivity index (χ1n) is 6.51. The van der Waals surface area contributed by atoms with Gasteiger partial charge in [-0.1, -0.05) is 29.1 Å². The van der Waals surface area contributed by atoms with Crippen LogP contribution in [0.15, 0.2) is 18.2 Å². The highest BCUT2D eigenvalue weighted by Crippen LogP contribution is 2.26. The van der Waals surface area contributed by atoms with Gasteiger partial charge in [-0.2, -0.15) is 0 Å². The zero-order chi connectivity index (χ0) is 15.4. The number of carbonyl (C=O) groups is 2. The molecule has 2 amide bonds. The molecular weight excluding hydrogens is 311 g/mol. The molecule has 6 heteroatoms. The molecule has 21 heavy (non-hydrogen) atoms. The molecule has 1 saturated heterocycles. The molecule has 0 spiro atoms. The number of rotatable bonds is 3. The lowest BCUT2D eigenvalue weighted by Gasteiger charge is -2.24. The summed E-state index contributed by atoms with van der Waals surface area (Å²) in [6.45, 7) is 0.658. The molecule has 0 aromatic heterocycles. The lowest BCUT2D eigenvalue weighted by Crippen LogP contribution is -2.46. The normalized spacial score (nSPS) is 17.4. The summed E-state index contributed by atoms with van der Waals surface area (Å²) in [6.07, 6.45) is 6.49. The molecule has 0 bridgehead atoms. The van der Waals surface area contributed by atoms with Crippen LogP contribution in [0.25, 0.3) is 0 Å².